The molecular formula is C25H21N3O5S. The molecule has 5 rings (SSSR count). The van der Waals surface area contributed by atoms with Crippen molar-refractivity contribution in [2.75, 3.05) is 26.2 Å². The number of aromatic nitrogens is 1. The number of carbonyl (C=O) groups excluding carboxylic acids is 2. The first-order valence-electron chi connectivity index (χ1n) is 10.5. The minimum Gasteiger partial charge on any atom is -0.497 e. The van der Waals surface area contributed by atoms with Gasteiger partial charge in [-0.1, -0.05) is 41.7 Å². The SMILES string of the molecule is COC(=O)C1=C(C)N=c2sc(=C3C(=O)N(C)c4ccccc43)c(=O)n2C1c1ccc(OC)cc1. The average molecular weight is 476 g/mol. The summed E-state index contributed by atoms with van der Waals surface area (Å²) < 4.78 is 12.1. The lowest BCUT2D eigenvalue weighted by Gasteiger charge is -2.24. The van der Waals surface area contributed by atoms with Crippen LogP contribution in [-0.4, -0.2) is 37.7 Å². The zero-order valence-corrected chi connectivity index (χ0v) is 19.8. The molecule has 0 bridgehead atoms. The lowest BCUT2D eigenvalue weighted by molar-refractivity contribution is -0.136. The summed E-state index contributed by atoms with van der Waals surface area (Å²) >= 11 is 1.15. The Morgan fingerprint density at radius 3 is 2.44 bits per heavy atom. The van der Waals surface area contributed by atoms with Crippen molar-refractivity contribution in [3.63, 3.8) is 0 Å². The number of hydrogen-bond donors (Lipinski definition) is 0. The Labute approximate surface area is 198 Å². The van der Waals surface area contributed by atoms with Crippen LogP contribution in [-0.2, 0) is 14.3 Å². The lowest BCUT2D eigenvalue weighted by Crippen LogP contribution is -2.40. The molecule has 1 aromatic heterocycles. The van der Waals surface area contributed by atoms with E-state index in [4.69, 9.17) is 9.47 Å². The van der Waals surface area contributed by atoms with Crippen LogP contribution in [0, 0.1) is 0 Å². The summed E-state index contributed by atoms with van der Waals surface area (Å²) in [5, 5.41) is 0. The molecule has 1 unspecified atom stereocenters. The highest BCUT2D eigenvalue weighted by molar-refractivity contribution is 7.07. The first-order valence-corrected chi connectivity index (χ1v) is 11.3. The average Bonchev–Trinajstić information content (AvgIpc) is 3.30. The van der Waals surface area contributed by atoms with Gasteiger partial charge >= 0.3 is 5.97 Å². The highest BCUT2D eigenvalue weighted by Crippen LogP contribution is 2.34. The summed E-state index contributed by atoms with van der Waals surface area (Å²) in [5.74, 6) is -0.173. The summed E-state index contributed by atoms with van der Waals surface area (Å²) in [6.45, 7) is 1.72. The third-order valence-corrected chi connectivity index (χ3v) is 7.17. The van der Waals surface area contributed by atoms with Crippen molar-refractivity contribution in [3.8, 4) is 5.75 Å². The number of thiazole rings is 1. The molecule has 2 aromatic carbocycles. The molecule has 0 N–H and O–H groups in total. The molecule has 9 heteroatoms. The maximum Gasteiger partial charge on any atom is 0.338 e. The second-order valence-electron chi connectivity index (χ2n) is 7.92. The van der Waals surface area contributed by atoms with Crippen LogP contribution in [0.15, 0.2) is 69.6 Å². The van der Waals surface area contributed by atoms with E-state index < -0.39 is 12.0 Å². The van der Waals surface area contributed by atoms with Gasteiger partial charge in [-0.15, -0.1) is 0 Å². The number of likely N-dealkylation sites (N-methyl/N-ethyl adjacent to an activating group) is 1. The second-order valence-corrected chi connectivity index (χ2v) is 8.90. The Balaban J connectivity index is 1.83. The molecule has 1 amide bonds. The second kappa shape index (κ2) is 8.11. The van der Waals surface area contributed by atoms with Crippen molar-refractivity contribution in [2.45, 2.75) is 13.0 Å². The predicted octanol–water partition coefficient (Wildman–Crippen LogP) is 1.76. The topological polar surface area (TPSA) is 90.2 Å². The van der Waals surface area contributed by atoms with E-state index in [9.17, 15) is 14.4 Å². The Bertz CT molecular complexity index is 1560. The van der Waals surface area contributed by atoms with E-state index in [0.29, 0.717) is 32.9 Å². The Hall–Kier alpha value is -3.98. The van der Waals surface area contributed by atoms with Crippen LogP contribution in [0.4, 0.5) is 5.69 Å². The van der Waals surface area contributed by atoms with Crippen molar-refractivity contribution in [1.82, 2.24) is 4.57 Å². The van der Waals surface area contributed by atoms with Gasteiger partial charge in [0.2, 0.25) is 0 Å². The molecule has 1 atom stereocenters. The van der Waals surface area contributed by atoms with Gasteiger partial charge in [0.15, 0.2) is 4.80 Å². The van der Waals surface area contributed by atoms with Gasteiger partial charge in [-0.05, 0) is 30.7 Å². The molecule has 3 aromatic rings. The third kappa shape index (κ3) is 3.12. The van der Waals surface area contributed by atoms with E-state index in [1.165, 1.54) is 16.6 Å². The quantitative estimate of drug-likeness (QED) is 0.539. The number of esters is 1. The van der Waals surface area contributed by atoms with Crippen molar-refractivity contribution < 1.29 is 19.1 Å². The van der Waals surface area contributed by atoms with Crippen molar-refractivity contribution >= 4 is 34.5 Å². The number of amides is 1. The molecule has 2 aliphatic heterocycles. The number of carbonyl (C=O) groups is 2. The van der Waals surface area contributed by atoms with Crippen LogP contribution in [0.5, 0.6) is 5.75 Å². The molecule has 0 saturated heterocycles. The fourth-order valence-corrected chi connectivity index (χ4v) is 5.57. The highest BCUT2D eigenvalue weighted by Gasteiger charge is 2.36. The summed E-state index contributed by atoms with van der Waals surface area (Å²) in [7, 11) is 4.55. The first-order chi connectivity index (χ1) is 16.4. The highest BCUT2D eigenvalue weighted by atomic mass is 32.1. The van der Waals surface area contributed by atoms with Gasteiger partial charge in [0, 0.05) is 12.6 Å². The lowest BCUT2D eigenvalue weighted by atomic mass is 9.96. The monoisotopic (exact) mass is 475 g/mol. The smallest absolute Gasteiger partial charge is 0.338 e. The zero-order valence-electron chi connectivity index (χ0n) is 19.0. The minimum absolute atomic E-state index is 0.253. The van der Waals surface area contributed by atoms with Gasteiger partial charge in [0.25, 0.3) is 11.5 Å². The number of methoxy groups -OCH3 is 2. The van der Waals surface area contributed by atoms with Crippen LogP contribution in [0.1, 0.15) is 24.1 Å². The zero-order chi connectivity index (χ0) is 24.1. The van der Waals surface area contributed by atoms with Gasteiger partial charge in [-0.25, -0.2) is 9.79 Å². The molecule has 0 aliphatic carbocycles. The van der Waals surface area contributed by atoms with Crippen LogP contribution >= 0.6 is 11.3 Å². The number of rotatable bonds is 3. The van der Waals surface area contributed by atoms with Crippen molar-refractivity contribution in [3.05, 3.63) is 90.6 Å². The normalized spacial score (nSPS) is 18.4. The van der Waals surface area contributed by atoms with Crippen LogP contribution in [0.3, 0.4) is 0 Å². The number of ether oxygens (including phenoxy) is 2. The Morgan fingerprint density at radius 2 is 1.76 bits per heavy atom. The molecule has 3 heterocycles. The third-order valence-electron chi connectivity index (χ3n) is 6.11. The number of benzene rings is 2. The number of para-hydroxylation sites is 1. The van der Waals surface area contributed by atoms with Gasteiger partial charge in [-0.2, -0.15) is 0 Å². The molecule has 0 radical (unpaired) electrons. The summed E-state index contributed by atoms with van der Waals surface area (Å²) in [5.41, 5.74) is 2.83. The molecule has 34 heavy (non-hydrogen) atoms. The van der Waals surface area contributed by atoms with E-state index in [1.54, 1.807) is 45.3 Å². The van der Waals surface area contributed by atoms with E-state index >= 15 is 0 Å². The van der Waals surface area contributed by atoms with Crippen LogP contribution in [0.2, 0.25) is 0 Å². The molecular weight excluding hydrogens is 454 g/mol. The Kier molecular flexibility index (Phi) is 5.21. The predicted molar refractivity (Wildman–Crippen MR) is 128 cm³/mol. The van der Waals surface area contributed by atoms with E-state index in [-0.39, 0.29) is 21.6 Å². The van der Waals surface area contributed by atoms with Crippen LogP contribution < -0.4 is 24.5 Å². The maximum absolute atomic E-state index is 13.9. The molecule has 8 nitrogen and oxygen atoms in total. The number of nitrogens with zero attached hydrogens (tertiary/aromatic N) is 3. The van der Waals surface area contributed by atoms with E-state index in [2.05, 4.69) is 4.99 Å². The van der Waals surface area contributed by atoms with E-state index in [0.717, 1.165) is 17.0 Å². The molecule has 0 saturated carbocycles. The Morgan fingerprint density at radius 1 is 1.06 bits per heavy atom. The number of hydrogen-bond acceptors (Lipinski definition) is 7. The maximum atomic E-state index is 13.9. The first kappa shape index (κ1) is 21.8. The number of fused-ring (bicyclic) bond motifs is 2. The van der Waals surface area contributed by atoms with Gasteiger partial charge < -0.3 is 14.4 Å². The fourth-order valence-electron chi connectivity index (χ4n) is 4.43. The molecule has 2 aliphatic rings. The largest absolute Gasteiger partial charge is 0.497 e. The molecule has 0 fully saturated rings. The summed E-state index contributed by atoms with van der Waals surface area (Å²) in [4.78, 5) is 46.3. The summed E-state index contributed by atoms with van der Waals surface area (Å²) in [6.07, 6.45) is 0. The summed E-state index contributed by atoms with van der Waals surface area (Å²) in [6, 6.07) is 13.7. The number of anilines is 1. The van der Waals surface area contributed by atoms with E-state index in [1.807, 2.05) is 24.3 Å². The van der Waals surface area contributed by atoms with Crippen molar-refractivity contribution in [2.24, 2.45) is 4.99 Å². The van der Waals surface area contributed by atoms with Crippen molar-refractivity contribution in [1.29, 1.82) is 0 Å². The molecule has 172 valence electrons. The van der Waals surface area contributed by atoms with Gasteiger partial charge in [-0.3, -0.25) is 14.2 Å². The van der Waals surface area contributed by atoms with Gasteiger partial charge in [0.05, 0.1) is 42.8 Å². The standard InChI is InChI=1S/C25H21N3O5S/c1-13-18(24(31)33-4)20(14-9-11-15(32-3)12-10-14)28-23(30)21(34-25(28)26-13)19-16-7-5-6-8-17(16)27(2)22(19)29/h5-12,20H,1-4H3. The van der Waals surface area contributed by atoms with Gasteiger partial charge in [0.1, 0.15) is 10.3 Å². The molecule has 0 spiro atoms. The van der Waals surface area contributed by atoms with Crippen LogP contribution in [0.25, 0.3) is 5.57 Å². The minimum atomic E-state index is -0.756. The fraction of sp³-hybridized carbons (Fsp3) is 0.200. The number of allylic oxidation sites excluding steroid dienone is 1.